The van der Waals surface area contributed by atoms with Gasteiger partial charge in [-0.15, -0.1) is 0 Å². The zero-order valence-electron chi connectivity index (χ0n) is 17.2. The van der Waals surface area contributed by atoms with E-state index in [-0.39, 0.29) is 18.3 Å². The van der Waals surface area contributed by atoms with Crippen LogP contribution in [0.3, 0.4) is 0 Å². The van der Waals surface area contributed by atoms with Gasteiger partial charge >= 0.3 is 5.69 Å². The Kier molecular flexibility index (Phi) is 5.38. The van der Waals surface area contributed by atoms with E-state index < -0.39 is 4.92 Å². The van der Waals surface area contributed by atoms with E-state index in [1.54, 1.807) is 24.4 Å². The van der Waals surface area contributed by atoms with Crippen molar-refractivity contribution in [3.05, 3.63) is 64.6 Å². The van der Waals surface area contributed by atoms with Crippen molar-refractivity contribution in [2.45, 2.75) is 6.54 Å². The van der Waals surface area contributed by atoms with Gasteiger partial charge in [0.25, 0.3) is 0 Å². The van der Waals surface area contributed by atoms with Crippen molar-refractivity contribution in [1.82, 2.24) is 19.9 Å². The normalized spacial score (nSPS) is 15.6. The van der Waals surface area contributed by atoms with Crippen LogP contribution in [0.4, 0.5) is 23.1 Å². The van der Waals surface area contributed by atoms with Crippen molar-refractivity contribution in [1.29, 1.82) is 0 Å². The summed E-state index contributed by atoms with van der Waals surface area (Å²) < 4.78 is 10.8. The second-order valence-corrected chi connectivity index (χ2v) is 7.44. The van der Waals surface area contributed by atoms with Crippen LogP contribution in [0, 0.1) is 10.1 Å². The predicted molar refractivity (Wildman–Crippen MR) is 116 cm³/mol. The maximum Gasteiger partial charge on any atom is 0.353 e. The Morgan fingerprint density at radius 1 is 1.03 bits per heavy atom. The van der Waals surface area contributed by atoms with E-state index in [1.165, 1.54) is 6.33 Å². The van der Waals surface area contributed by atoms with Gasteiger partial charge in [-0.2, -0.15) is 0 Å². The molecular weight excluding hydrogens is 414 g/mol. The first-order valence-electron chi connectivity index (χ1n) is 10.2. The van der Waals surface area contributed by atoms with E-state index in [2.05, 4.69) is 25.2 Å². The van der Waals surface area contributed by atoms with Gasteiger partial charge < -0.3 is 19.7 Å². The number of fused-ring (bicyclic) bond motifs is 1. The third kappa shape index (κ3) is 4.10. The highest BCUT2D eigenvalue weighted by molar-refractivity contribution is 5.73. The fourth-order valence-electron chi connectivity index (χ4n) is 3.83. The van der Waals surface area contributed by atoms with Crippen LogP contribution in [0.2, 0.25) is 0 Å². The number of anilines is 3. The van der Waals surface area contributed by atoms with Crippen LogP contribution < -0.4 is 19.7 Å². The maximum absolute atomic E-state index is 11.9. The summed E-state index contributed by atoms with van der Waals surface area (Å²) in [5, 5.41) is 14.8. The Labute approximate surface area is 183 Å². The molecule has 2 aliphatic rings. The van der Waals surface area contributed by atoms with Crippen molar-refractivity contribution < 1.29 is 14.4 Å². The van der Waals surface area contributed by atoms with Crippen LogP contribution in [0.25, 0.3) is 0 Å². The van der Waals surface area contributed by atoms with E-state index in [9.17, 15) is 10.1 Å². The molecule has 0 bridgehead atoms. The van der Waals surface area contributed by atoms with Gasteiger partial charge in [-0.25, -0.2) is 15.0 Å². The lowest BCUT2D eigenvalue weighted by molar-refractivity contribution is -0.383. The number of ether oxygens (including phenoxy) is 2. The third-order valence-corrected chi connectivity index (χ3v) is 5.41. The Morgan fingerprint density at radius 3 is 2.66 bits per heavy atom. The van der Waals surface area contributed by atoms with Gasteiger partial charge in [-0.1, -0.05) is 12.1 Å². The molecule has 2 aromatic heterocycles. The molecule has 32 heavy (non-hydrogen) atoms. The number of benzene rings is 1. The molecule has 4 heterocycles. The van der Waals surface area contributed by atoms with E-state index in [1.807, 2.05) is 23.1 Å². The van der Waals surface area contributed by atoms with Gasteiger partial charge in [-0.3, -0.25) is 15.0 Å². The summed E-state index contributed by atoms with van der Waals surface area (Å²) in [6.07, 6.45) is 2.95. The summed E-state index contributed by atoms with van der Waals surface area (Å²) in [5.41, 5.74) is 0.986. The summed E-state index contributed by atoms with van der Waals surface area (Å²) in [6.45, 7) is 3.75. The maximum atomic E-state index is 11.9. The predicted octanol–water partition coefficient (Wildman–Crippen LogP) is 2.57. The lowest BCUT2D eigenvalue weighted by atomic mass is 10.1. The number of nitrogens with one attached hydrogen (secondary N) is 1. The molecule has 0 unspecified atom stereocenters. The minimum absolute atomic E-state index is 0.126. The molecule has 0 aliphatic carbocycles. The Morgan fingerprint density at radius 2 is 1.88 bits per heavy atom. The fourth-order valence-corrected chi connectivity index (χ4v) is 3.83. The van der Waals surface area contributed by atoms with Crippen molar-refractivity contribution >= 4 is 23.1 Å². The fraction of sp³-hybridized carbons (Fsp3) is 0.286. The molecule has 3 aromatic rings. The molecule has 5 rings (SSSR count). The van der Waals surface area contributed by atoms with Gasteiger partial charge in [0.1, 0.15) is 12.1 Å². The van der Waals surface area contributed by atoms with Crippen LogP contribution in [0.5, 0.6) is 11.5 Å². The van der Waals surface area contributed by atoms with Crippen LogP contribution in [0.1, 0.15) is 5.56 Å². The quantitative estimate of drug-likeness (QED) is 0.457. The first-order valence-corrected chi connectivity index (χ1v) is 10.2. The van der Waals surface area contributed by atoms with Gasteiger partial charge in [-0.05, 0) is 29.8 Å². The molecule has 0 saturated carbocycles. The SMILES string of the molecule is O=[N+]([O-])c1c(Nc2ccccn2)ncnc1N1CCN(Cc2ccc3c(c2)OCO3)CC1. The summed E-state index contributed by atoms with van der Waals surface area (Å²) >= 11 is 0. The minimum atomic E-state index is -0.445. The van der Waals surface area contributed by atoms with Crippen LogP contribution in [-0.4, -0.2) is 57.7 Å². The number of nitrogens with zero attached hydrogens (tertiary/aromatic N) is 6. The highest BCUT2D eigenvalue weighted by Gasteiger charge is 2.29. The average molecular weight is 435 g/mol. The molecule has 11 nitrogen and oxygen atoms in total. The molecule has 1 fully saturated rings. The van der Waals surface area contributed by atoms with Gasteiger partial charge in [0, 0.05) is 38.9 Å². The number of hydrogen-bond donors (Lipinski definition) is 1. The molecule has 11 heteroatoms. The second kappa shape index (κ2) is 8.63. The van der Waals surface area contributed by atoms with Crippen molar-refractivity contribution in [3.8, 4) is 11.5 Å². The van der Waals surface area contributed by atoms with Crippen molar-refractivity contribution in [2.24, 2.45) is 0 Å². The molecule has 2 aliphatic heterocycles. The Balaban J connectivity index is 1.29. The standard InChI is InChI=1S/C21H21N7O4/c29-28(30)19-20(25-18-3-1-2-6-22-18)23-13-24-21(19)27-9-7-26(8-10-27)12-15-4-5-16-17(11-15)32-14-31-16/h1-6,11,13H,7-10,12,14H2,(H,22,23,24,25). The van der Waals surface area contributed by atoms with Crippen LogP contribution in [-0.2, 0) is 6.54 Å². The molecule has 0 spiro atoms. The zero-order valence-corrected chi connectivity index (χ0v) is 17.2. The average Bonchev–Trinajstić information content (AvgIpc) is 3.28. The number of aromatic nitrogens is 3. The molecule has 0 atom stereocenters. The molecule has 1 N–H and O–H groups in total. The molecule has 164 valence electrons. The highest BCUT2D eigenvalue weighted by Crippen LogP contribution is 2.35. The number of pyridine rings is 1. The number of rotatable bonds is 6. The highest BCUT2D eigenvalue weighted by atomic mass is 16.7. The first kappa shape index (κ1) is 19.9. The van der Waals surface area contributed by atoms with E-state index in [0.29, 0.717) is 24.7 Å². The molecule has 1 aromatic carbocycles. The molecule has 0 amide bonds. The van der Waals surface area contributed by atoms with E-state index >= 15 is 0 Å². The number of nitro groups is 1. The minimum Gasteiger partial charge on any atom is -0.454 e. The number of hydrogen-bond acceptors (Lipinski definition) is 10. The topological polar surface area (TPSA) is 119 Å². The summed E-state index contributed by atoms with van der Waals surface area (Å²) in [6, 6.07) is 11.2. The van der Waals surface area contributed by atoms with Gasteiger partial charge in [0.05, 0.1) is 4.92 Å². The summed E-state index contributed by atoms with van der Waals surface area (Å²) in [5.74, 6) is 2.46. The lowest BCUT2D eigenvalue weighted by Gasteiger charge is -2.35. The smallest absolute Gasteiger partial charge is 0.353 e. The third-order valence-electron chi connectivity index (χ3n) is 5.41. The summed E-state index contributed by atoms with van der Waals surface area (Å²) in [4.78, 5) is 28.1. The first-order chi connectivity index (χ1) is 15.7. The van der Waals surface area contributed by atoms with E-state index in [0.717, 1.165) is 36.7 Å². The monoisotopic (exact) mass is 435 g/mol. The molecule has 0 radical (unpaired) electrons. The van der Waals surface area contributed by atoms with Crippen molar-refractivity contribution in [3.63, 3.8) is 0 Å². The summed E-state index contributed by atoms with van der Waals surface area (Å²) in [7, 11) is 0. The lowest BCUT2D eigenvalue weighted by Crippen LogP contribution is -2.46. The van der Waals surface area contributed by atoms with Gasteiger partial charge in [0.15, 0.2) is 11.5 Å². The van der Waals surface area contributed by atoms with Crippen LogP contribution in [0.15, 0.2) is 48.9 Å². The van der Waals surface area contributed by atoms with Gasteiger partial charge in [0.2, 0.25) is 18.4 Å². The van der Waals surface area contributed by atoms with Crippen LogP contribution >= 0.6 is 0 Å². The molecule has 1 saturated heterocycles. The zero-order chi connectivity index (χ0) is 21.9. The Bertz CT molecular complexity index is 1120. The molecular formula is C21H21N7O4. The van der Waals surface area contributed by atoms with E-state index in [4.69, 9.17) is 9.47 Å². The number of piperazine rings is 1. The largest absolute Gasteiger partial charge is 0.454 e. The second-order valence-electron chi connectivity index (χ2n) is 7.44. The Hall–Kier alpha value is -3.99. The van der Waals surface area contributed by atoms with Crippen molar-refractivity contribution in [2.75, 3.05) is 43.2 Å².